The Morgan fingerprint density at radius 3 is 3.09 bits per heavy atom. The third-order valence-corrected chi connectivity index (χ3v) is 4.28. The van der Waals surface area contributed by atoms with E-state index in [1.165, 1.54) is 0 Å². The van der Waals surface area contributed by atoms with Crippen molar-refractivity contribution in [2.45, 2.75) is 39.0 Å². The molecule has 6 nitrogen and oxygen atoms in total. The topological polar surface area (TPSA) is 69.0 Å². The lowest BCUT2D eigenvalue weighted by Crippen LogP contribution is -2.34. The van der Waals surface area contributed by atoms with Crippen molar-refractivity contribution >= 4 is 5.91 Å². The molecule has 1 aliphatic rings. The number of hydrogen-bond donors (Lipinski definition) is 1. The van der Waals surface area contributed by atoms with E-state index in [1.807, 2.05) is 36.9 Å². The third kappa shape index (κ3) is 3.42. The van der Waals surface area contributed by atoms with Crippen LogP contribution < -0.4 is 5.32 Å². The zero-order valence-electron chi connectivity index (χ0n) is 13.5. The molecule has 1 amide bonds. The van der Waals surface area contributed by atoms with Crippen LogP contribution in [0, 0.1) is 5.92 Å². The smallest absolute Gasteiger partial charge is 0.226 e. The van der Waals surface area contributed by atoms with Crippen molar-refractivity contribution in [1.29, 1.82) is 0 Å². The molecule has 6 heteroatoms. The predicted octanol–water partition coefficient (Wildman–Crippen LogP) is 2.25. The number of hydrogen-bond acceptors (Lipinski definition) is 4. The van der Waals surface area contributed by atoms with Crippen molar-refractivity contribution < 1.29 is 9.53 Å². The lowest BCUT2D eigenvalue weighted by Gasteiger charge is -2.20. The van der Waals surface area contributed by atoms with Crippen LogP contribution in [-0.4, -0.2) is 27.3 Å². The maximum absolute atomic E-state index is 12.7. The van der Waals surface area contributed by atoms with Crippen LogP contribution in [0.5, 0.6) is 0 Å². The van der Waals surface area contributed by atoms with Gasteiger partial charge in [-0.15, -0.1) is 0 Å². The van der Waals surface area contributed by atoms with Gasteiger partial charge >= 0.3 is 0 Å². The van der Waals surface area contributed by atoms with Gasteiger partial charge in [-0.25, -0.2) is 0 Å². The van der Waals surface area contributed by atoms with Gasteiger partial charge < -0.3 is 10.1 Å². The lowest BCUT2D eigenvalue weighted by molar-refractivity contribution is -0.127. The number of carbonyl (C=O) groups is 1. The van der Waals surface area contributed by atoms with Crippen LogP contribution in [0.4, 0.5) is 0 Å². The number of pyridine rings is 1. The molecule has 0 aliphatic carbocycles. The first-order chi connectivity index (χ1) is 11.2. The number of rotatable bonds is 5. The van der Waals surface area contributed by atoms with Crippen LogP contribution >= 0.6 is 0 Å². The summed E-state index contributed by atoms with van der Waals surface area (Å²) in [6, 6.07) is 3.76. The minimum Gasteiger partial charge on any atom is -0.373 e. The number of carbonyl (C=O) groups excluding carboxylic acids is 1. The quantitative estimate of drug-likeness (QED) is 0.919. The van der Waals surface area contributed by atoms with Gasteiger partial charge in [0.05, 0.1) is 24.3 Å². The monoisotopic (exact) mass is 314 g/mol. The Morgan fingerprint density at radius 1 is 1.52 bits per heavy atom. The highest BCUT2D eigenvalue weighted by molar-refractivity contribution is 5.80. The number of amides is 1. The second kappa shape index (κ2) is 6.91. The Hall–Kier alpha value is -2.21. The van der Waals surface area contributed by atoms with Gasteiger partial charge in [-0.05, 0) is 31.9 Å². The highest BCUT2D eigenvalue weighted by Crippen LogP contribution is 2.34. The van der Waals surface area contributed by atoms with Gasteiger partial charge in [0.2, 0.25) is 5.91 Å². The molecule has 2 aromatic rings. The number of aryl methyl sites for hydroxylation is 1. The van der Waals surface area contributed by atoms with Crippen LogP contribution in [0.15, 0.2) is 36.9 Å². The molecule has 0 spiro atoms. The molecule has 0 radical (unpaired) electrons. The maximum atomic E-state index is 12.7. The molecule has 1 fully saturated rings. The molecule has 0 saturated carbocycles. The zero-order valence-corrected chi connectivity index (χ0v) is 13.5. The van der Waals surface area contributed by atoms with E-state index in [2.05, 4.69) is 15.4 Å². The molecule has 1 unspecified atom stereocenters. The molecule has 1 saturated heterocycles. The summed E-state index contributed by atoms with van der Waals surface area (Å²) in [6.45, 7) is 5.41. The molecular formula is C17H22N4O2. The number of aromatic nitrogens is 3. The Balaban J connectivity index is 1.68. The van der Waals surface area contributed by atoms with E-state index >= 15 is 0 Å². The first-order valence-corrected chi connectivity index (χ1v) is 8.03. The average Bonchev–Trinajstić information content (AvgIpc) is 3.24. The number of ether oxygens (including phenoxy) is 1. The Kier molecular flexibility index (Phi) is 4.71. The second-order valence-corrected chi connectivity index (χ2v) is 5.83. The van der Waals surface area contributed by atoms with Gasteiger partial charge in [-0.3, -0.25) is 14.5 Å². The number of nitrogens with zero attached hydrogens (tertiary/aromatic N) is 3. The normalized spacial score (nSPS) is 22.0. The molecule has 0 aromatic carbocycles. The molecule has 3 rings (SSSR count). The van der Waals surface area contributed by atoms with Gasteiger partial charge in [-0.2, -0.15) is 5.10 Å². The van der Waals surface area contributed by atoms with Crippen LogP contribution in [0.25, 0.3) is 0 Å². The Bertz CT molecular complexity index is 656. The lowest BCUT2D eigenvalue weighted by atomic mass is 9.96. The van der Waals surface area contributed by atoms with E-state index in [9.17, 15) is 4.79 Å². The molecular weight excluding hydrogens is 292 g/mol. The first-order valence-electron chi connectivity index (χ1n) is 8.03. The van der Waals surface area contributed by atoms with Crippen molar-refractivity contribution in [3.8, 4) is 0 Å². The van der Waals surface area contributed by atoms with Crippen LogP contribution in [0.3, 0.4) is 0 Å². The fourth-order valence-corrected chi connectivity index (χ4v) is 2.92. The largest absolute Gasteiger partial charge is 0.373 e. The number of nitrogens with one attached hydrogen (secondary N) is 1. The van der Waals surface area contributed by atoms with Gasteiger partial charge in [0.15, 0.2) is 0 Å². The fourth-order valence-electron chi connectivity index (χ4n) is 2.92. The fraction of sp³-hybridized carbons (Fsp3) is 0.471. The van der Waals surface area contributed by atoms with E-state index in [4.69, 9.17) is 4.74 Å². The summed E-state index contributed by atoms with van der Waals surface area (Å²) in [5.74, 6) is -0.156. The summed E-state index contributed by atoms with van der Waals surface area (Å²) in [7, 11) is 0. The SMILES string of the molecule is CCn1cc([C@H]2OCC[C@@H]2C(=O)NC(C)c2cccnc2)cn1. The summed E-state index contributed by atoms with van der Waals surface area (Å²) in [5, 5.41) is 7.35. The van der Waals surface area contributed by atoms with Crippen molar-refractivity contribution in [3.05, 3.63) is 48.0 Å². The molecule has 23 heavy (non-hydrogen) atoms. The second-order valence-electron chi connectivity index (χ2n) is 5.83. The first kappa shape index (κ1) is 15.7. The van der Waals surface area contributed by atoms with Gasteiger partial charge in [0.1, 0.15) is 0 Å². The average molecular weight is 314 g/mol. The van der Waals surface area contributed by atoms with E-state index in [0.717, 1.165) is 24.1 Å². The minimum atomic E-state index is -0.212. The standard InChI is InChI=1S/C17H22N4O2/c1-3-21-11-14(10-19-21)16-15(6-8-23-16)17(22)20-12(2)13-5-4-7-18-9-13/h4-5,7,9-12,15-16H,3,6,8H2,1-2H3,(H,20,22)/t12?,15-,16+/m0/s1. The third-order valence-electron chi connectivity index (χ3n) is 4.28. The zero-order chi connectivity index (χ0) is 16.2. The molecule has 1 N–H and O–H groups in total. The molecule has 122 valence electrons. The summed E-state index contributed by atoms with van der Waals surface area (Å²) < 4.78 is 7.64. The van der Waals surface area contributed by atoms with Gasteiger partial charge in [-0.1, -0.05) is 6.07 Å². The van der Waals surface area contributed by atoms with Crippen molar-refractivity contribution in [2.24, 2.45) is 5.92 Å². The highest BCUT2D eigenvalue weighted by atomic mass is 16.5. The van der Waals surface area contributed by atoms with Crippen LogP contribution in [0.2, 0.25) is 0 Å². The molecule has 2 aromatic heterocycles. The Morgan fingerprint density at radius 2 is 2.39 bits per heavy atom. The van der Waals surface area contributed by atoms with Crippen molar-refractivity contribution in [3.63, 3.8) is 0 Å². The molecule has 1 aliphatic heterocycles. The van der Waals surface area contributed by atoms with Gasteiger partial charge in [0, 0.05) is 37.3 Å². The molecule has 0 bridgehead atoms. The molecule has 3 heterocycles. The molecule has 3 atom stereocenters. The van der Waals surface area contributed by atoms with Crippen molar-refractivity contribution in [2.75, 3.05) is 6.61 Å². The van der Waals surface area contributed by atoms with E-state index in [1.54, 1.807) is 18.6 Å². The van der Waals surface area contributed by atoms with Crippen LogP contribution in [0.1, 0.15) is 43.5 Å². The van der Waals surface area contributed by atoms with E-state index in [-0.39, 0.29) is 24.0 Å². The van der Waals surface area contributed by atoms with Crippen molar-refractivity contribution in [1.82, 2.24) is 20.1 Å². The summed E-state index contributed by atoms with van der Waals surface area (Å²) >= 11 is 0. The summed E-state index contributed by atoms with van der Waals surface area (Å²) in [5.41, 5.74) is 1.97. The summed E-state index contributed by atoms with van der Waals surface area (Å²) in [6.07, 6.45) is 7.78. The van der Waals surface area contributed by atoms with Crippen LogP contribution in [-0.2, 0) is 16.1 Å². The summed E-state index contributed by atoms with van der Waals surface area (Å²) in [4.78, 5) is 16.7. The minimum absolute atomic E-state index is 0.0214. The Labute approximate surface area is 135 Å². The maximum Gasteiger partial charge on any atom is 0.226 e. The van der Waals surface area contributed by atoms with E-state index < -0.39 is 0 Å². The van der Waals surface area contributed by atoms with Gasteiger partial charge in [0.25, 0.3) is 0 Å². The van der Waals surface area contributed by atoms with E-state index in [0.29, 0.717) is 6.61 Å². The predicted molar refractivity (Wildman–Crippen MR) is 85.5 cm³/mol. The highest BCUT2D eigenvalue weighted by Gasteiger charge is 2.36.